The van der Waals surface area contributed by atoms with Gasteiger partial charge in [0.25, 0.3) is 0 Å². The lowest BCUT2D eigenvalue weighted by Gasteiger charge is -2.12. The molecule has 0 aliphatic rings. The van der Waals surface area contributed by atoms with Crippen molar-refractivity contribution >= 4 is 16.9 Å². The third kappa shape index (κ3) is 2.95. The van der Waals surface area contributed by atoms with Crippen LogP contribution in [0.15, 0.2) is 18.2 Å². The normalized spacial score (nSPS) is 11.4. The zero-order valence-corrected chi connectivity index (χ0v) is 10.5. The summed E-state index contributed by atoms with van der Waals surface area (Å²) in [6, 6.07) is 3.79. The summed E-state index contributed by atoms with van der Waals surface area (Å²) < 4.78 is 45.5. The van der Waals surface area contributed by atoms with Crippen LogP contribution in [0.25, 0.3) is 10.9 Å². The summed E-state index contributed by atoms with van der Waals surface area (Å²) in [6.45, 7) is 1.63. The fourth-order valence-corrected chi connectivity index (χ4v) is 1.67. The topological polar surface area (TPSA) is 61.3 Å². The summed E-state index contributed by atoms with van der Waals surface area (Å²) in [7, 11) is 1.13. The average molecular weight is 286 g/mol. The van der Waals surface area contributed by atoms with Gasteiger partial charge in [-0.25, -0.2) is 4.79 Å². The molecule has 0 amide bonds. The Labute approximate surface area is 111 Å². The van der Waals surface area contributed by atoms with Crippen LogP contribution in [-0.4, -0.2) is 29.6 Å². The minimum Gasteiger partial charge on any atom is -0.465 e. The van der Waals surface area contributed by atoms with Crippen LogP contribution in [0, 0.1) is 6.92 Å². The minimum absolute atomic E-state index is 0.0633. The van der Waals surface area contributed by atoms with E-state index in [1.807, 2.05) is 0 Å². The first-order valence-corrected chi connectivity index (χ1v) is 5.42. The Morgan fingerprint density at radius 1 is 1.20 bits per heavy atom. The molecule has 0 spiro atoms. The highest BCUT2D eigenvalue weighted by atomic mass is 19.4. The Hall–Kier alpha value is -2.38. The summed E-state index contributed by atoms with van der Waals surface area (Å²) in [4.78, 5) is 11.5. The highest BCUT2D eigenvalue weighted by Gasteiger charge is 2.32. The predicted octanol–water partition coefficient (Wildman–Crippen LogP) is 2.62. The van der Waals surface area contributed by atoms with Gasteiger partial charge < -0.3 is 9.47 Å². The molecule has 2 aromatic rings. The molecule has 5 nitrogen and oxygen atoms in total. The van der Waals surface area contributed by atoms with Crippen LogP contribution < -0.4 is 4.74 Å². The Balaban J connectivity index is 2.66. The molecule has 1 aromatic heterocycles. The van der Waals surface area contributed by atoms with E-state index in [9.17, 15) is 18.0 Å². The molecular weight excluding hydrogens is 277 g/mol. The number of aryl methyl sites for hydroxylation is 1. The van der Waals surface area contributed by atoms with Gasteiger partial charge in [0.05, 0.1) is 18.4 Å². The molecule has 0 unspecified atom stereocenters. The van der Waals surface area contributed by atoms with Gasteiger partial charge in [-0.3, -0.25) is 0 Å². The van der Waals surface area contributed by atoms with E-state index >= 15 is 0 Å². The molecule has 0 aliphatic carbocycles. The number of rotatable bonds is 2. The van der Waals surface area contributed by atoms with Crippen molar-refractivity contribution < 1.29 is 27.4 Å². The lowest BCUT2D eigenvalue weighted by molar-refractivity contribution is -0.274. The number of benzene rings is 1. The van der Waals surface area contributed by atoms with Gasteiger partial charge >= 0.3 is 12.3 Å². The van der Waals surface area contributed by atoms with Crippen molar-refractivity contribution in [2.75, 3.05) is 7.11 Å². The monoisotopic (exact) mass is 286 g/mol. The van der Waals surface area contributed by atoms with Crippen LogP contribution in [0.1, 0.15) is 16.1 Å². The molecule has 0 saturated heterocycles. The molecule has 2 rings (SSSR count). The number of nitrogens with zero attached hydrogens (tertiary/aromatic N) is 2. The number of hydrogen-bond donors (Lipinski definition) is 0. The summed E-state index contributed by atoms with van der Waals surface area (Å²) in [6.07, 6.45) is -4.89. The van der Waals surface area contributed by atoms with Crippen molar-refractivity contribution in [2.45, 2.75) is 13.3 Å². The Morgan fingerprint density at radius 3 is 2.50 bits per heavy atom. The number of ether oxygens (including phenoxy) is 2. The zero-order valence-electron chi connectivity index (χ0n) is 10.5. The highest BCUT2D eigenvalue weighted by Crippen LogP contribution is 2.31. The number of alkyl halides is 3. The van der Waals surface area contributed by atoms with Crippen molar-refractivity contribution in [1.82, 2.24) is 10.2 Å². The molecular formula is C12H9F3N2O3. The number of hydrogen-bond acceptors (Lipinski definition) is 5. The largest absolute Gasteiger partial charge is 0.573 e. The van der Waals surface area contributed by atoms with Crippen LogP contribution in [0.2, 0.25) is 0 Å². The molecule has 1 heterocycles. The Kier molecular flexibility index (Phi) is 3.47. The molecule has 1 aromatic carbocycles. The van der Waals surface area contributed by atoms with Crippen molar-refractivity contribution in [3.05, 3.63) is 29.5 Å². The quantitative estimate of drug-likeness (QED) is 0.794. The lowest BCUT2D eigenvalue weighted by Crippen LogP contribution is -2.18. The number of esters is 1. The van der Waals surface area contributed by atoms with Gasteiger partial charge in [-0.1, -0.05) is 0 Å². The molecule has 106 valence electrons. The van der Waals surface area contributed by atoms with Crippen molar-refractivity contribution in [1.29, 1.82) is 0 Å². The second kappa shape index (κ2) is 4.95. The van der Waals surface area contributed by atoms with Gasteiger partial charge in [0.1, 0.15) is 5.52 Å². The van der Waals surface area contributed by atoms with Crippen molar-refractivity contribution in [3.8, 4) is 5.75 Å². The number of aromatic nitrogens is 2. The maximum absolute atomic E-state index is 12.4. The number of halogens is 3. The van der Waals surface area contributed by atoms with E-state index in [1.165, 1.54) is 12.1 Å². The molecule has 0 radical (unpaired) electrons. The SMILES string of the molecule is COC(=O)c1cc(OC(F)(F)F)c2nnc(C)cc2c1. The number of methoxy groups -OCH3 is 1. The van der Waals surface area contributed by atoms with Crippen LogP contribution >= 0.6 is 0 Å². The first-order chi connectivity index (χ1) is 9.30. The van der Waals surface area contributed by atoms with Crippen molar-refractivity contribution in [2.24, 2.45) is 0 Å². The number of fused-ring (bicyclic) bond motifs is 1. The maximum Gasteiger partial charge on any atom is 0.573 e. The van der Waals surface area contributed by atoms with Gasteiger partial charge in [-0.05, 0) is 25.1 Å². The van der Waals surface area contributed by atoms with Gasteiger partial charge in [-0.15, -0.1) is 18.3 Å². The smallest absolute Gasteiger partial charge is 0.465 e. The van der Waals surface area contributed by atoms with Crippen molar-refractivity contribution in [3.63, 3.8) is 0 Å². The fraction of sp³-hybridized carbons (Fsp3) is 0.250. The molecule has 0 saturated carbocycles. The van der Waals surface area contributed by atoms with Crippen LogP contribution in [0.3, 0.4) is 0 Å². The second-order valence-electron chi connectivity index (χ2n) is 3.94. The maximum atomic E-state index is 12.4. The summed E-state index contributed by atoms with van der Waals surface area (Å²) in [5, 5.41) is 7.65. The van der Waals surface area contributed by atoms with Crippen LogP contribution in [-0.2, 0) is 4.74 Å². The molecule has 0 N–H and O–H groups in total. The molecule has 0 fully saturated rings. The average Bonchev–Trinajstić information content (AvgIpc) is 2.35. The van der Waals surface area contributed by atoms with Crippen LogP contribution in [0.4, 0.5) is 13.2 Å². The van der Waals surface area contributed by atoms with Crippen LogP contribution in [0.5, 0.6) is 5.75 Å². The van der Waals surface area contributed by atoms with Gasteiger partial charge in [0, 0.05) is 5.39 Å². The Bertz CT molecular complexity index is 671. The first-order valence-electron chi connectivity index (χ1n) is 5.42. The van der Waals surface area contributed by atoms with Gasteiger partial charge in [0.15, 0.2) is 5.75 Å². The lowest BCUT2D eigenvalue weighted by atomic mass is 10.1. The third-order valence-corrected chi connectivity index (χ3v) is 2.42. The van der Waals surface area contributed by atoms with Gasteiger partial charge in [-0.2, -0.15) is 5.10 Å². The first kappa shape index (κ1) is 14.0. The summed E-state index contributed by atoms with van der Waals surface area (Å²) >= 11 is 0. The summed E-state index contributed by atoms with van der Waals surface area (Å²) in [5.41, 5.74) is 0.352. The van der Waals surface area contributed by atoms with E-state index in [0.717, 1.165) is 13.2 Å². The number of carbonyl (C=O) groups is 1. The van der Waals surface area contributed by atoms with E-state index in [4.69, 9.17) is 0 Å². The predicted molar refractivity (Wildman–Crippen MR) is 62.3 cm³/mol. The second-order valence-corrected chi connectivity index (χ2v) is 3.94. The van der Waals surface area contributed by atoms with E-state index < -0.39 is 18.1 Å². The molecule has 20 heavy (non-hydrogen) atoms. The minimum atomic E-state index is -4.89. The molecule has 0 bridgehead atoms. The molecule has 0 atom stereocenters. The fourth-order valence-electron chi connectivity index (χ4n) is 1.67. The van der Waals surface area contributed by atoms with E-state index in [1.54, 1.807) is 6.92 Å². The Morgan fingerprint density at radius 2 is 1.90 bits per heavy atom. The molecule has 8 heteroatoms. The van der Waals surface area contributed by atoms with E-state index in [0.29, 0.717) is 11.1 Å². The zero-order chi connectivity index (χ0) is 14.9. The standard InChI is InChI=1S/C12H9F3N2O3/c1-6-3-7-4-8(11(18)19-2)5-9(10(7)17-16-6)20-12(13,14)15/h3-5H,1-2H3. The highest BCUT2D eigenvalue weighted by molar-refractivity contribution is 5.96. The summed E-state index contributed by atoms with van der Waals surface area (Å²) in [5.74, 6) is -1.36. The third-order valence-electron chi connectivity index (χ3n) is 2.42. The van der Waals surface area contributed by atoms with Gasteiger partial charge in [0.2, 0.25) is 0 Å². The molecule has 0 aliphatic heterocycles. The van der Waals surface area contributed by atoms with E-state index in [2.05, 4.69) is 19.7 Å². The van der Waals surface area contributed by atoms with E-state index in [-0.39, 0.29) is 11.1 Å². The number of carbonyl (C=O) groups excluding carboxylic acids is 1.